The summed E-state index contributed by atoms with van der Waals surface area (Å²) in [4.78, 5) is 15.3. The van der Waals surface area contributed by atoms with Crippen molar-refractivity contribution in [2.24, 2.45) is 10.8 Å². The van der Waals surface area contributed by atoms with Crippen molar-refractivity contribution in [2.75, 3.05) is 13.2 Å². The maximum atomic E-state index is 12.8. The van der Waals surface area contributed by atoms with E-state index in [-0.39, 0.29) is 23.5 Å². The number of carbonyl (C=O) groups excluding carboxylic acids is 1. The fourth-order valence-electron chi connectivity index (χ4n) is 5.04. The second-order valence-electron chi connectivity index (χ2n) is 14.4. The number of aryl methyl sites for hydroxylation is 4. The summed E-state index contributed by atoms with van der Waals surface area (Å²) in [7, 11) is 0. The molecule has 6 rings (SSSR count). The van der Waals surface area contributed by atoms with Gasteiger partial charge in [-0.05, 0) is 93.2 Å². The number of allylic oxidation sites excluding steroid dienone is 1. The number of thiophene rings is 2. The maximum Gasteiger partial charge on any atom is 0.252 e. The van der Waals surface area contributed by atoms with E-state index in [1.54, 1.807) is 27.4 Å². The fourth-order valence-corrected chi connectivity index (χ4v) is 7.22. The Balaban J connectivity index is 0.000000190. The molecule has 2 fully saturated rings. The third-order valence-electron chi connectivity index (χ3n) is 8.15. The number of hydrogen-bond donors (Lipinski definition) is 1. The largest absolute Gasteiger partial charge is 0.372 e. The van der Waals surface area contributed by atoms with Crippen LogP contribution in [0.3, 0.4) is 0 Å². The number of hydrogen-bond acceptors (Lipinski definition) is 7. The first-order chi connectivity index (χ1) is 23.1. The lowest BCUT2D eigenvalue weighted by molar-refractivity contribution is 0.0738. The molecular weight excluding hydrogens is 719 g/mol. The molecule has 2 atom stereocenters. The first kappa shape index (κ1) is 39.8. The Hall–Kier alpha value is -1.98. The van der Waals surface area contributed by atoms with Crippen LogP contribution in [0.25, 0.3) is 0 Å². The first-order valence-electron chi connectivity index (χ1n) is 16.8. The lowest BCUT2D eigenvalue weighted by Crippen LogP contribution is -2.29. The summed E-state index contributed by atoms with van der Waals surface area (Å²) in [5.41, 5.74) is 3.65. The van der Waals surface area contributed by atoms with E-state index < -0.39 is 5.41 Å². The average Bonchev–Trinajstić information content (AvgIpc) is 3.86. The van der Waals surface area contributed by atoms with Gasteiger partial charge in [-0.3, -0.25) is 9.89 Å². The van der Waals surface area contributed by atoms with E-state index in [2.05, 4.69) is 34.0 Å². The summed E-state index contributed by atoms with van der Waals surface area (Å²) in [6.07, 6.45) is 8.06. The van der Waals surface area contributed by atoms with Crippen molar-refractivity contribution in [1.29, 1.82) is 0 Å². The van der Waals surface area contributed by atoms with E-state index in [0.29, 0.717) is 5.03 Å². The van der Waals surface area contributed by atoms with Crippen LogP contribution in [0, 0.1) is 10.8 Å². The molecule has 0 radical (unpaired) electrons. The molecule has 0 aromatic carbocycles. The molecule has 7 nitrogen and oxygen atoms in total. The zero-order valence-electron chi connectivity index (χ0n) is 29.4. The summed E-state index contributed by atoms with van der Waals surface area (Å²) >= 11 is 20.7. The van der Waals surface area contributed by atoms with Crippen LogP contribution < -0.4 is 0 Å². The number of rotatable bonds is 8. The van der Waals surface area contributed by atoms with E-state index in [1.165, 1.54) is 15.4 Å². The fraction of sp³-hybridized carbons (Fsp3) is 0.541. The molecule has 2 saturated heterocycles. The van der Waals surface area contributed by atoms with E-state index in [1.807, 2.05) is 65.8 Å². The summed E-state index contributed by atoms with van der Waals surface area (Å²) < 4.78 is 14.6. The average molecular weight is 768 g/mol. The van der Waals surface area contributed by atoms with Crippen molar-refractivity contribution >= 4 is 63.4 Å². The van der Waals surface area contributed by atoms with Crippen LogP contribution in [0.4, 0.5) is 0 Å². The normalized spacial score (nSPS) is 17.7. The summed E-state index contributed by atoms with van der Waals surface area (Å²) in [6.45, 7) is 17.1. The predicted octanol–water partition coefficient (Wildman–Crippen LogP) is 11.5. The number of halogens is 3. The quantitative estimate of drug-likeness (QED) is 0.193. The third kappa shape index (κ3) is 12.3. The van der Waals surface area contributed by atoms with Gasteiger partial charge in [0.05, 0.1) is 20.1 Å². The van der Waals surface area contributed by atoms with Crippen LogP contribution >= 0.6 is 57.5 Å². The second kappa shape index (κ2) is 18.0. The van der Waals surface area contributed by atoms with E-state index >= 15 is 0 Å². The highest BCUT2D eigenvalue weighted by atomic mass is 35.5. The highest BCUT2D eigenvalue weighted by molar-refractivity contribution is 7.16. The number of ether oxygens (including phenoxy) is 2. The highest BCUT2D eigenvalue weighted by Gasteiger charge is 2.29. The number of nitrogens with zero attached hydrogens (tertiary/aromatic N) is 3. The minimum atomic E-state index is -0.471. The van der Waals surface area contributed by atoms with Gasteiger partial charge in [0.2, 0.25) is 0 Å². The highest BCUT2D eigenvalue weighted by Crippen LogP contribution is 2.31. The van der Waals surface area contributed by atoms with Crippen molar-refractivity contribution in [2.45, 2.75) is 105 Å². The molecule has 0 aliphatic carbocycles. The Bertz CT molecular complexity index is 1650. The molecule has 0 bridgehead atoms. The van der Waals surface area contributed by atoms with Crippen molar-refractivity contribution in [3.63, 3.8) is 0 Å². The number of nitrogens with one attached hydrogen (secondary N) is 1. The smallest absolute Gasteiger partial charge is 0.252 e. The number of H-pyrrole nitrogens is 1. The molecule has 6 heterocycles. The maximum absolute atomic E-state index is 12.8. The van der Waals surface area contributed by atoms with Crippen molar-refractivity contribution in [3.8, 4) is 0 Å². The Morgan fingerprint density at radius 2 is 1.39 bits per heavy atom. The van der Waals surface area contributed by atoms with Gasteiger partial charge in [-0.2, -0.15) is 10.2 Å². The molecule has 268 valence electrons. The lowest BCUT2D eigenvalue weighted by Gasteiger charge is -2.17. The number of carbonyl (C=O) groups is 1. The summed E-state index contributed by atoms with van der Waals surface area (Å²) in [6, 6.07) is 12.2. The van der Waals surface area contributed by atoms with Crippen LogP contribution in [0.15, 0.2) is 48.0 Å². The third-order valence-corrected chi connectivity index (χ3v) is 11.3. The van der Waals surface area contributed by atoms with Gasteiger partial charge < -0.3 is 9.47 Å². The van der Waals surface area contributed by atoms with Gasteiger partial charge in [-0.25, -0.2) is 4.68 Å². The topological polar surface area (TPSA) is 82.0 Å². The van der Waals surface area contributed by atoms with E-state index in [4.69, 9.17) is 44.3 Å². The van der Waals surface area contributed by atoms with Gasteiger partial charge in [0.15, 0.2) is 0 Å². The van der Waals surface area contributed by atoms with Gasteiger partial charge in [0.1, 0.15) is 12.2 Å². The molecule has 4 aromatic rings. The van der Waals surface area contributed by atoms with Crippen LogP contribution in [-0.4, -0.2) is 39.1 Å². The van der Waals surface area contributed by atoms with E-state index in [9.17, 15) is 4.79 Å². The Morgan fingerprint density at radius 1 is 0.857 bits per heavy atom. The van der Waals surface area contributed by atoms with Crippen molar-refractivity contribution in [3.05, 3.63) is 89.2 Å². The molecule has 1 N–H and O–H groups in total. The zero-order valence-corrected chi connectivity index (χ0v) is 33.3. The Kier molecular flexibility index (Phi) is 14.6. The van der Waals surface area contributed by atoms with Crippen molar-refractivity contribution < 1.29 is 14.3 Å². The minimum absolute atomic E-state index is 0.0194. The van der Waals surface area contributed by atoms with Gasteiger partial charge in [-0.1, -0.05) is 82.9 Å². The van der Waals surface area contributed by atoms with Gasteiger partial charge in [0, 0.05) is 44.8 Å². The van der Waals surface area contributed by atoms with Gasteiger partial charge >= 0.3 is 0 Å². The van der Waals surface area contributed by atoms with Crippen LogP contribution in [0.5, 0.6) is 0 Å². The molecule has 2 aliphatic heterocycles. The van der Waals surface area contributed by atoms with Crippen molar-refractivity contribution in [1.82, 2.24) is 20.0 Å². The molecule has 12 heteroatoms. The SMILES string of the molecule is C=C(Cl)C(C)(C)C.CC(C)(C)C(=O)n1nc(C2CCCO2)cc1CCc1ccc(Cl)s1.Clc1ccc(CCc2cc(C3CCCO3)n[nH]2)s1. The summed E-state index contributed by atoms with van der Waals surface area (Å²) in [5.74, 6) is 0.0194. The molecule has 2 unspecified atom stereocenters. The molecule has 49 heavy (non-hydrogen) atoms. The number of aromatic nitrogens is 4. The Morgan fingerprint density at radius 3 is 1.84 bits per heavy atom. The minimum Gasteiger partial charge on any atom is -0.372 e. The molecule has 4 aromatic heterocycles. The monoisotopic (exact) mass is 766 g/mol. The Labute approximate surface area is 314 Å². The second-order valence-corrected chi connectivity index (χ2v) is 18.5. The predicted molar refractivity (Wildman–Crippen MR) is 205 cm³/mol. The molecular formula is C37H49Cl3N4O3S2. The zero-order chi connectivity index (χ0) is 35.8. The van der Waals surface area contributed by atoms with Crippen LogP contribution in [-0.2, 0) is 35.2 Å². The molecule has 0 spiro atoms. The van der Waals surface area contributed by atoms with Gasteiger partial charge in [-0.15, -0.1) is 22.7 Å². The lowest BCUT2D eigenvalue weighted by atomic mass is 9.95. The van der Waals surface area contributed by atoms with Crippen LogP contribution in [0.1, 0.15) is 117 Å². The standard InChI is InChI=1S/C18H23ClN2O2S.C13H15ClN2OS.C6H11Cl/c1-18(2,3)17(22)21-12(6-7-13-8-9-16(19)24-13)11-14(20-21)15-5-4-10-23-15;14-13-6-5-10(18-13)4-3-9-8-11(16-15-9)12-2-1-7-17-12;1-5(7)6(2,3)4/h8-9,11,15H,4-7,10H2,1-3H3;5-6,8,12H,1-4,7H2,(H,15,16);1H2,2-4H3. The number of aromatic amines is 1. The van der Waals surface area contributed by atoms with Crippen LogP contribution in [0.2, 0.25) is 8.67 Å². The summed E-state index contributed by atoms with van der Waals surface area (Å²) in [5, 5.41) is 12.8. The first-order valence-corrected chi connectivity index (χ1v) is 19.6. The molecule has 2 aliphatic rings. The molecule has 0 amide bonds. The van der Waals surface area contributed by atoms with E-state index in [0.717, 1.165) is 90.3 Å². The van der Waals surface area contributed by atoms with Gasteiger partial charge in [0.25, 0.3) is 5.91 Å². The molecule has 0 saturated carbocycles.